The quantitative estimate of drug-likeness (QED) is 0.678. The minimum atomic E-state index is 0.0457. The van der Waals surface area contributed by atoms with E-state index >= 15 is 0 Å². The Hall–Kier alpha value is -1.42. The molecule has 0 aliphatic carbocycles. The summed E-state index contributed by atoms with van der Waals surface area (Å²) < 4.78 is 0. The van der Waals surface area contributed by atoms with E-state index in [0.717, 1.165) is 25.1 Å². The van der Waals surface area contributed by atoms with Gasteiger partial charge in [0.1, 0.15) is 0 Å². The molecule has 16 heavy (non-hydrogen) atoms. The minimum absolute atomic E-state index is 0.0457. The summed E-state index contributed by atoms with van der Waals surface area (Å²) in [7, 11) is 0. The van der Waals surface area contributed by atoms with E-state index in [0.29, 0.717) is 13.1 Å². The van der Waals surface area contributed by atoms with E-state index in [1.807, 2.05) is 18.2 Å². The first-order valence-electron chi connectivity index (χ1n) is 5.70. The number of aromatic nitrogens is 1. The normalized spacial score (nSPS) is 10.1. The molecular weight excluding hydrogens is 202 g/mol. The van der Waals surface area contributed by atoms with E-state index in [9.17, 15) is 4.79 Å². The highest BCUT2D eigenvalue weighted by Crippen LogP contribution is 1.91. The Labute approximate surface area is 96.5 Å². The summed E-state index contributed by atoms with van der Waals surface area (Å²) in [4.78, 5) is 15.5. The van der Waals surface area contributed by atoms with Gasteiger partial charge in [0.05, 0.1) is 12.2 Å². The minimum Gasteiger partial charge on any atom is -0.355 e. The summed E-state index contributed by atoms with van der Waals surface area (Å²) in [6.07, 6.45) is 3.88. The van der Waals surface area contributed by atoms with Crippen molar-refractivity contribution < 1.29 is 4.79 Å². The first kappa shape index (κ1) is 12.6. The molecule has 1 amide bonds. The van der Waals surface area contributed by atoms with Crippen LogP contribution in [0.4, 0.5) is 0 Å². The van der Waals surface area contributed by atoms with Crippen LogP contribution in [0.5, 0.6) is 0 Å². The zero-order chi connectivity index (χ0) is 11.6. The molecule has 0 bridgehead atoms. The Kier molecular flexibility index (Phi) is 6.18. The molecule has 0 aliphatic heterocycles. The molecule has 0 saturated carbocycles. The lowest BCUT2D eigenvalue weighted by Crippen LogP contribution is -2.34. The molecule has 4 nitrogen and oxygen atoms in total. The van der Waals surface area contributed by atoms with Gasteiger partial charge < -0.3 is 10.6 Å². The third kappa shape index (κ3) is 5.46. The van der Waals surface area contributed by atoms with Gasteiger partial charge in [-0.15, -0.1) is 0 Å². The summed E-state index contributed by atoms with van der Waals surface area (Å²) in [6.45, 7) is 3.84. The van der Waals surface area contributed by atoms with Crippen molar-refractivity contribution in [2.75, 3.05) is 13.1 Å². The molecule has 88 valence electrons. The van der Waals surface area contributed by atoms with Crippen molar-refractivity contribution in [2.45, 2.75) is 26.3 Å². The molecule has 1 aromatic rings. The second-order valence-electron chi connectivity index (χ2n) is 3.63. The Balaban J connectivity index is 2.09. The van der Waals surface area contributed by atoms with Crippen LogP contribution in [0.2, 0.25) is 0 Å². The second-order valence-corrected chi connectivity index (χ2v) is 3.63. The Morgan fingerprint density at radius 1 is 1.44 bits per heavy atom. The highest BCUT2D eigenvalue weighted by Gasteiger charge is 1.99. The number of hydrogen-bond acceptors (Lipinski definition) is 3. The van der Waals surface area contributed by atoms with Gasteiger partial charge in [0, 0.05) is 19.3 Å². The zero-order valence-electron chi connectivity index (χ0n) is 9.70. The maximum atomic E-state index is 11.3. The molecule has 0 atom stereocenters. The Bertz CT molecular complexity index is 300. The van der Waals surface area contributed by atoms with Crippen molar-refractivity contribution in [1.82, 2.24) is 15.6 Å². The van der Waals surface area contributed by atoms with Gasteiger partial charge in [0.25, 0.3) is 0 Å². The van der Waals surface area contributed by atoms with Crippen molar-refractivity contribution in [1.29, 1.82) is 0 Å². The number of amides is 1. The number of hydrogen-bond donors (Lipinski definition) is 2. The molecule has 1 rings (SSSR count). The standard InChI is InChI=1S/C12H19N3O/c1-2-3-7-15-12(16)10-13-9-11-6-4-5-8-14-11/h4-6,8,13H,2-3,7,9-10H2,1H3,(H,15,16). The van der Waals surface area contributed by atoms with Crippen LogP contribution in [0.25, 0.3) is 0 Å². The van der Waals surface area contributed by atoms with E-state index in [1.54, 1.807) is 6.20 Å². The van der Waals surface area contributed by atoms with E-state index < -0.39 is 0 Å². The molecule has 1 aromatic heterocycles. The highest BCUT2D eigenvalue weighted by molar-refractivity contribution is 5.77. The van der Waals surface area contributed by atoms with E-state index in [-0.39, 0.29) is 5.91 Å². The van der Waals surface area contributed by atoms with Crippen LogP contribution in [0.1, 0.15) is 25.5 Å². The number of unbranched alkanes of at least 4 members (excludes halogenated alkanes) is 1. The fourth-order valence-electron chi connectivity index (χ4n) is 1.27. The molecule has 4 heteroatoms. The SMILES string of the molecule is CCCCNC(=O)CNCc1ccccn1. The van der Waals surface area contributed by atoms with Crippen LogP contribution in [0.15, 0.2) is 24.4 Å². The van der Waals surface area contributed by atoms with Gasteiger partial charge in [-0.1, -0.05) is 19.4 Å². The monoisotopic (exact) mass is 221 g/mol. The van der Waals surface area contributed by atoms with Crippen molar-refractivity contribution in [3.8, 4) is 0 Å². The average Bonchev–Trinajstić information content (AvgIpc) is 2.31. The third-order valence-electron chi connectivity index (χ3n) is 2.17. The van der Waals surface area contributed by atoms with Gasteiger partial charge in [-0.25, -0.2) is 0 Å². The summed E-state index contributed by atoms with van der Waals surface area (Å²) >= 11 is 0. The fourth-order valence-corrected chi connectivity index (χ4v) is 1.27. The summed E-state index contributed by atoms with van der Waals surface area (Å²) in [5.41, 5.74) is 0.948. The van der Waals surface area contributed by atoms with Crippen molar-refractivity contribution in [3.05, 3.63) is 30.1 Å². The van der Waals surface area contributed by atoms with Crippen molar-refractivity contribution >= 4 is 5.91 Å². The third-order valence-corrected chi connectivity index (χ3v) is 2.17. The number of nitrogens with one attached hydrogen (secondary N) is 2. The van der Waals surface area contributed by atoms with Crippen molar-refractivity contribution in [3.63, 3.8) is 0 Å². The maximum absolute atomic E-state index is 11.3. The summed E-state index contributed by atoms with van der Waals surface area (Å²) in [6, 6.07) is 5.74. The highest BCUT2D eigenvalue weighted by atomic mass is 16.1. The van der Waals surface area contributed by atoms with Crippen LogP contribution in [-0.4, -0.2) is 24.0 Å². The lowest BCUT2D eigenvalue weighted by molar-refractivity contribution is -0.120. The summed E-state index contributed by atoms with van der Waals surface area (Å²) in [5, 5.41) is 5.90. The fraction of sp³-hybridized carbons (Fsp3) is 0.500. The zero-order valence-corrected chi connectivity index (χ0v) is 9.70. The van der Waals surface area contributed by atoms with Gasteiger partial charge in [0.15, 0.2) is 0 Å². The van der Waals surface area contributed by atoms with Gasteiger partial charge in [-0.2, -0.15) is 0 Å². The van der Waals surface area contributed by atoms with Crippen LogP contribution in [0, 0.1) is 0 Å². The lowest BCUT2D eigenvalue weighted by Gasteiger charge is -2.05. The number of rotatable bonds is 7. The smallest absolute Gasteiger partial charge is 0.233 e. The lowest BCUT2D eigenvalue weighted by atomic mass is 10.3. The maximum Gasteiger partial charge on any atom is 0.233 e. The molecule has 0 spiro atoms. The topological polar surface area (TPSA) is 54.0 Å². The van der Waals surface area contributed by atoms with Gasteiger partial charge in [-0.3, -0.25) is 9.78 Å². The molecule has 1 heterocycles. The summed E-state index contributed by atoms with van der Waals surface area (Å²) in [5.74, 6) is 0.0457. The predicted molar refractivity (Wildman–Crippen MR) is 63.9 cm³/mol. The average molecular weight is 221 g/mol. The van der Waals surface area contributed by atoms with E-state index in [2.05, 4.69) is 22.5 Å². The predicted octanol–water partition coefficient (Wildman–Crippen LogP) is 1.09. The molecule has 0 aromatic carbocycles. The van der Waals surface area contributed by atoms with Crippen molar-refractivity contribution in [2.24, 2.45) is 0 Å². The number of carbonyl (C=O) groups excluding carboxylic acids is 1. The second kappa shape index (κ2) is 7.82. The Morgan fingerprint density at radius 2 is 2.31 bits per heavy atom. The first-order valence-corrected chi connectivity index (χ1v) is 5.70. The van der Waals surface area contributed by atoms with Gasteiger partial charge in [0.2, 0.25) is 5.91 Å². The molecule has 0 aliphatic rings. The largest absolute Gasteiger partial charge is 0.355 e. The van der Waals surface area contributed by atoms with Gasteiger partial charge in [-0.05, 0) is 18.6 Å². The van der Waals surface area contributed by atoms with E-state index in [1.165, 1.54) is 0 Å². The number of pyridine rings is 1. The molecular formula is C12H19N3O. The molecule has 0 fully saturated rings. The van der Waals surface area contributed by atoms with Crippen LogP contribution in [-0.2, 0) is 11.3 Å². The molecule has 2 N–H and O–H groups in total. The van der Waals surface area contributed by atoms with Gasteiger partial charge >= 0.3 is 0 Å². The molecule has 0 radical (unpaired) electrons. The van der Waals surface area contributed by atoms with Crippen LogP contribution in [0.3, 0.4) is 0 Å². The molecule has 0 saturated heterocycles. The van der Waals surface area contributed by atoms with Crippen LogP contribution < -0.4 is 10.6 Å². The number of nitrogens with zero attached hydrogens (tertiary/aromatic N) is 1. The van der Waals surface area contributed by atoms with E-state index in [4.69, 9.17) is 0 Å². The first-order chi connectivity index (χ1) is 7.83. The van der Waals surface area contributed by atoms with Crippen LogP contribution >= 0.6 is 0 Å². The number of carbonyl (C=O) groups is 1. The molecule has 0 unspecified atom stereocenters. The Morgan fingerprint density at radius 3 is 3.00 bits per heavy atom.